The highest BCUT2D eigenvalue weighted by molar-refractivity contribution is 7.96. The van der Waals surface area contributed by atoms with E-state index in [1.54, 1.807) is 17.0 Å². The minimum atomic E-state index is -3.80. The summed E-state index contributed by atoms with van der Waals surface area (Å²) in [4.78, 5) is 16.9. The molecule has 0 saturated carbocycles. The van der Waals surface area contributed by atoms with Crippen molar-refractivity contribution in [1.82, 2.24) is 4.90 Å². The van der Waals surface area contributed by atoms with Gasteiger partial charge in [0.15, 0.2) is 19.7 Å². The zero-order valence-corrected chi connectivity index (χ0v) is 18.1. The Labute approximate surface area is 177 Å². The topological polar surface area (TPSA) is 91.8 Å². The molecule has 0 N–H and O–H groups in total. The first kappa shape index (κ1) is 20.9. The van der Waals surface area contributed by atoms with Crippen molar-refractivity contribution in [2.75, 3.05) is 42.6 Å². The van der Waals surface area contributed by atoms with Gasteiger partial charge in [-0.15, -0.1) is 0 Å². The number of anilines is 1. The van der Waals surface area contributed by atoms with Crippen molar-refractivity contribution < 1.29 is 21.6 Å². The van der Waals surface area contributed by atoms with Crippen LogP contribution in [0, 0.1) is 0 Å². The average Bonchev–Trinajstić information content (AvgIpc) is 3.14. The van der Waals surface area contributed by atoms with Gasteiger partial charge in [0.25, 0.3) is 5.91 Å². The highest BCUT2D eigenvalue weighted by Crippen LogP contribution is 2.26. The van der Waals surface area contributed by atoms with Gasteiger partial charge in [-0.1, -0.05) is 24.3 Å². The standard InChI is InChI=1S/C21H24N2O5S2/c24-21(23-12-10-22(11-13-23)18-6-2-1-3-7-18)17-5-4-8-19(15-17)30(27,28)20-9-14-29(25,26)16-20/h1-8,15,20H,9-14,16H2/t20-/m0/s1. The van der Waals surface area contributed by atoms with Crippen LogP contribution in [0.25, 0.3) is 0 Å². The summed E-state index contributed by atoms with van der Waals surface area (Å²) in [7, 11) is -7.12. The van der Waals surface area contributed by atoms with Gasteiger partial charge in [-0.05, 0) is 36.8 Å². The maximum absolute atomic E-state index is 13.0. The van der Waals surface area contributed by atoms with E-state index < -0.39 is 24.9 Å². The summed E-state index contributed by atoms with van der Waals surface area (Å²) in [5, 5.41) is -0.942. The molecule has 9 heteroatoms. The van der Waals surface area contributed by atoms with Crippen LogP contribution in [0.15, 0.2) is 59.5 Å². The van der Waals surface area contributed by atoms with Gasteiger partial charge in [-0.25, -0.2) is 16.8 Å². The van der Waals surface area contributed by atoms with Gasteiger partial charge in [0.2, 0.25) is 0 Å². The molecule has 0 bridgehead atoms. The van der Waals surface area contributed by atoms with E-state index >= 15 is 0 Å². The molecule has 0 aliphatic carbocycles. The molecule has 0 unspecified atom stereocenters. The predicted molar refractivity (Wildman–Crippen MR) is 115 cm³/mol. The maximum Gasteiger partial charge on any atom is 0.254 e. The van der Waals surface area contributed by atoms with Crippen LogP contribution in [0.2, 0.25) is 0 Å². The fourth-order valence-corrected chi connectivity index (χ4v) is 8.40. The first-order valence-electron chi connectivity index (χ1n) is 9.90. The third kappa shape index (κ3) is 4.22. The summed E-state index contributed by atoms with van der Waals surface area (Å²) in [6, 6.07) is 16.0. The predicted octanol–water partition coefficient (Wildman–Crippen LogP) is 1.61. The fourth-order valence-electron chi connectivity index (χ4n) is 3.99. The summed E-state index contributed by atoms with van der Waals surface area (Å²) in [5.74, 6) is -0.672. The third-order valence-corrected chi connectivity index (χ3v) is 9.90. The van der Waals surface area contributed by atoms with Gasteiger partial charge < -0.3 is 9.80 Å². The lowest BCUT2D eigenvalue weighted by atomic mass is 10.1. The third-order valence-electron chi connectivity index (χ3n) is 5.73. The molecule has 0 radical (unpaired) electrons. The van der Waals surface area contributed by atoms with Crippen molar-refractivity contribution in [3.05, 3.63) is 60.2 Å². The van der Waals surface area contributed by atoms with Crippen molar-refractivity contribution in [3.8, 4) is 0 Å². The smallest absolute Gasteiger partial charge is 0.254 e. The number of hydrogen-bond donors (Lipinski definition) is 0. The number of hydrogen-bond acceptors (Lipinski definition) is 6. The lowest BCUT2D eigenvalue weighted by Gasteiger charge is -2.36. The van der Waals surface area contributed by atoms with E-state index in [1.807, 2.05) is 30.3 Å². The molecule has 0 aromatic heterocycles. The lowest BCUT2D eigenvalue weighted by molar-refractivity contribution is 0.0746. The molecule has 2 heterocycles. The highest BCUT2D eigenvalue weighted by Gasteiger charge is 2.38. The van der Waals surface area contributed by atoms with Gasteiger partial charge in [0, 0.05) is 37.4 Å². The molecule has 0 spiro atoms. The second kappa shape index (κ2) is 8.03. The van der Waals surface area contributed by atoms with Crippen molar-refractivity contribution >= 4 is 31.3 Å². The molecule has 1 atom stereocenters. The number of benzene rings is 2. The normalized spacial score (nSPS) is 21.5. The Morgan fingerprint density at radius 2 is 1.63 bits per heavy atom. The van der Waals surface area contributed by atoms with E-state index in [0.717, 1.165) is 5.69 Å². The Kier molecular flexibility index (Phi) is 5.59. The van der Waals surface area contributed by atoms with Crippen LogP contribution in [-0.4, -0.2) is 70.6 Å². The van der Waals surface area contributed by atoms with E-state index in [1.165, 1.54) is 12.1 Å². The van der Waals surface area contributed by atoms with Gasteiger partial charge in [-0.3, -0.25) is 4.79 Å². The fraction of sp³-hybridized carbons (Fsp3) is 0.381. The van der Waals surface area contributed by atoms with Crippen molar-refractivity contribution in [2.45, 2.75) is 16.6 Å². The monoisotopic (exact) mass is 448 g/mol. The first-order chi connectivity index (χ1) is 14.3. The molecule has 2 aliphatic rings. The Balaban J connectivity index is 1.47. The molecule has 30 heavy (non-hydrogen) atoms. The number of para-hydroxylation sites is 1. The number of carbonyl (C=O) groups is 1. The second-order valence-electron chi connectivity index (χ2n) is 7.71. The van der Waals surface area contributed by atoms with Crippen LogP contribution in [0.5, 0.6) is 0 Å². The summed E-state index contributed by atoms with van der Waals surface area (Å²) < 4.78 is 49.2. The largest absolute Gasteiger partial charge is 0.368 e. The van der Waals surface area contributed by atoms with Crippen LogP contribution in [0.3, 0.4) is 0 Å². The second-order valence-corrected chi connectivity index (χ2v) is 12.2. The van der Waals surface area contributed by atoms with Crippen LogP contribution in [0.1, 0.15) is 16.8 Å². The maximum atomic E-state index is 13.0. The molecule has 2 aromatic carbocycles. The van der Waals surface area contributed by atoms with E-state index in [4.69, 9.17) is 0 Å². The Bertz CT molecular complexity index is 1140. The van der Waals surface area contributed by atoms with Crippen LogP contribution >= 0.6 is 0 Å². The van der Waals surface area contributed by atoms with E-state index in [9.17, 15) is 21.6 Å². The van der Waals surface area contributed by atoms with Crippen LogP contribution in [-0.2, 0) is 19.7 Å². The SMILES string of the molecule is O=C(c1cccc(S(=O)(=O)[C@H]2CCS(=O)(=O)C2)c1)N1CCN(c2ccccc2)CC1. The number of nitrogens with zero attached hydrogens (tertiary/aromatic N) is 2. The minimum Gasteiger partial charge on any atom is -0.368 e. The minimum absolute atomic E-state index is 0.0124. The molecule has 4 rings (SSSR count). The van der Waals surface area contributed by atoms with Gasteiger partial charge in [0.05, 0.1) is 21.7 Å². The number of sulfone groups is 2. The Hall–Kier alpha value is -2.39. The molecule has 160 valence electrons. The number of amides is 1. The molecular formula is C21H24N2O5S2. The summed E-state index contributed by atoms with van der Waals surface area (Å²) in [6.07, 6.45) is 0.101. The van der Waals surface area contributed by atoms with Gasteiger partial charge in [-0.2, -0.15) is 0 Å². The molecule has 2 aliphatic heterocycles. The molecule has 2 saturated heterocycles. The summed E-state index contributed by atoms with van der Waals surface area (Å²) >= 11 is 0. The van der Waals surface area contributed by atoms with E-state index in [-0.39, 0.29) is 28.7 Å². The number of rotatable bonds is 4. The van der Waals surface area contributed by atoms with Crippen molar-refractivity contribution in [1.29, 1.82) is 0 Å². The van der Waals surface area contributed by atoms with Crippen LogP contribution in [0.4, 0.5) is 5.69 Å². The first-order valence-corrected chi connectivity index (χ1v) is 13.3. The van der Waals surface area contributed by atoms with Crippen LogP contribution < -0.4 is 4.90 Å². The van der Waals surface area contributed by atoms with Gasteiger partial charge in [0.1, 0.15) is 0 Å². The Morgan fingerprint density at radius 1 is 0.933 bits per heavy atom. The lowest BCUT2D eigenvalue weighted by Crippen LogP contribution is -2.48. The van der Waals surface area contributed by atoms with Gasteiger partial charge >= 0.3 is 0 Å². The average molecular weight is 449 g/mol. The zero-order valence-electron chi connectivity index (χ0n) is 16.5. The Morgan fingerprint density at radius 3 is 2.27 bits per heavy atom. The molecule has 1 amide bonds. The zero-order chi connectivity index (χ0) is 21.4. The van der Waals surface area contributed by atoms with E-state index in [0.29, 0.717) is 31.7 Å². The molecule has 2 aromatic rings. The molecular weight excluding hydrogens is 424 g/mol. The summed E-state index contributed by atoms with van der Waals surface area (Å²) in [6.45, 7) is 2.50. The number of piperazine rings is 1. The molecule has 7 nitrogen and oxygen atoms in total. The highest BCUT2D eigenvalue weighted by atomic mass is 32.2. The molecule has 2 fully saturated rings. The van der Waals surface area contributed by atoms with E-state index in [2.05, 4.69) is 4.90 Å². The van der Waals surface area contributed by atoms with Crippen molar-refractivity contribution in [2.24, 2.45) is 0 Å². The number of carbonyl (C=O) groups excluding carboxylic acids is 1. The quantitative estimate of drug-likeness (QED) is 0.706. The summed E-state index contributed by atoms with van der Waals surface area (Å²) in [5.41, 5.74) is 1.43. The van der Waals surface area contributed by atoms with Crippen molar-refractivity contribution in [3.63, 3.8) is 0 Å².